The van der Waals surface area contributed by atoms with E-state index in [-0.39, 0.29) is 0 Å². The summed E-state index contributed by atoms with van der Waals surface area (Å²) < 4.78 is 1.16. The number of hydrogen-bond acceptors (Lipinski definition) is 3. The predicted octanol–water partition coefficient (Wildman–Crippen LogP) is 5.16. The number of para-hydroxylation sites is 2. The summed E-state index contributed by atoms with van der Waals surface area (Å²) in [4.78, 5) is 9.29. The first-order chi connectivity index (χ1) is 9.81. The smallest absolute Gasteiger partial charge is 0.143 e. The lowest BCUT2D eigenvalue weighted by Gasteiger charge is -2.02. The summed E-state index contributed by atoms with van der Waals surface area (Å²) in [7, 11) is 0. The number of fused-ring (bicyclic) bond motifs is 2. The Morgan fingerprint density at radius 2 is 1.60 bits per heavy atom. The van der Waals surface area contributed by atoms with E-state index in [9.17, 15) is 0 Å². The molecule has 2 aromatic carbocycles. The van der Waals surface area contributed by atoms with Crippen molar-refractivity contribution in [3.8, 4) is 10.7 Å². The van der Waals surface area contributed by atoms with E-state index in [0.29, 0.717) is 5.02 Å². The van der Waals surface area contributed by atoms with Crippen LogP contribution in [0, 0.1) is 0 Å². The molecule has 20 heavy (non-hydrogen) atoms. The molecule has 0 bridgehead atoms. The Labute approximate surface area is 124 Å². The molecule has 4 aromatic rings. The van der Waals surface area contributed by atoms with E-state index in [1.807, 2.05) is 48.5 Å². The van der Waals surface area contributed by atoms with Crippen molar-refractivity contribution in [1.82, 2.24) is 9.97 Å². The highest BCUT2D eigenvalue weighted by molar-refractivity contribution is 7.21. The fourth-order valence-electron chi connectivity index (χ4n) is 2.22. The Morgan fingerprint density at radius 1 is 0.850 bits per heavy atom. The van der Waals surface area contributed by atoms with Crippen molar-refractivity contribution >= 4 is 44.1 Å². The summed E-state index contributed by atoms with van der Waals surface area (Å²) >= 11 is 7.98. The molecular formula is C16H9ClN2S. The second-order valence-electron chi connectivity index (χ2n) is 4.49. The minimum atomic E-state index is 0.713. The maximum atomic E-state index is 6.35. The third-order valence-electron chi connectivity index (χ3n) is 3.18. The molecule has 0 aliphatic carbocycles. The minimum Gasteiger partial charge on any atom is -0.245 e. The lowest BCUT2D eigenvalue weighted by molar-refractivity contribution is 1.36. The van der Waals surface area contributed by atoms with Gasteiger partial charge in [0.15, 0.2) is 0 Å². The Hall–Kier alpha value is -1.97. The molecule has 0 spiro atoms. The summed E-state index contributed by atoms with van der Waals surface area (Å²) in [6, 6.07) is 17.9. The van der Waals surface area contributed by atoms with Crippen LogP contribution >= 0.6 is 22.9 Å². The highest BCUT2D eigenvalue weighted by Gasteiger charge is 2.10. The van der Waals surface area contributed by atoms with Gasteiger partial charge in [-0.3, -0.25) is 0 Å². The molecule has 0 amide bonds. The lowest BCUT2D eigenvalue weighted by atomic mass is 10.2. The van der Waals surface area contributed by atoms with Gasteiger partial charge in [-0.05, 0) is 24.3 Å². The first-order valence-corrected chi connectivity index (χ1v) is 7.42. The zero-order valence-electron chi connectivity index (χ0n) is 10.4. The van der Waals surface area contributed by atoms with Crippen molar-refractivity contribution in [1.29, 1.82) is 0 Å². The fourth-order valence-corrected chi connectivity index (χ4v) is 3.41. The monoisotopic (exact) mass is 296 g/mol. The molecule has 4 heteroatoms. The van der Waals surface area contributed by atoms with Crippen molar-refractivity contribution in [2.75, 3.05) is 0 Å². The van der Waals surface area contributed by atoms with Crippen LogP contribution in [0.2, 0.25) is 5.02 Å². The molecule has 0 saturated carbocycles. The molecule has 2 nitrogen and oxygen atoms in total. The molecule has 0 radical (unpaired) electrons. The van der Waals surface area contributed by atoms with E-state index in [0.717, 1.165) is 31.8 Å². The van der Waals surface area contributed by atoms with Crippen molar-refractivity contribution in [3.05, 3.63) is 59.6 Å². The predicted molar refractivity (Wildman–Crippen MR) is 85.4 cm³/mol. The van der Waals surface area contributed by atoms with Crippen molar-refractivity contribution in [2.45, 2.75) is 0 Å². The topological polar surface area (TPSA) is 25.8 Å². The van der Waals surface area contributed by atoms with Gasteiger partial charge in [-0.25, -0.2) is 9.97 Å². The normalized spacial score (nSPS) is 11.2. The molecule has 0 N–H and O–H groups in total. The molecule has 4 rings (SSSR count). The zero-order valence-corrected chi connectivity index (χ0v) is 11.9. The highest BCUT2D eigenvalue weighted by Crippen LogP contribution is 2.32. The summed E-state index contributed by atoms with van der Waals surface area (Å²) in [5, 5.41) is 2.59. The maximum Gasteiger partial charge on any atom is 0.143 e. The zero-order chi connectivity index (χ0) is 13.5. The first kappa shape index (κ1) is 11.8. The van der Waals surface area contributed by atoms with Gasteiger partial charge >= 0.3 is 0 Å². The van der Waals surface area contributed by atoms with Crippen LogP contribution in [0.25, 0.3) is 31.8 Å². The van der Waals surface area contributed by atoms with Crippen LogP contribution < -0.4 is 0 Å². The second-order valence-corrected chi connectivity index (χ2v) is 5.93. The summed E-state index contributed by atoms with van der Waals surface area (Å²) in [5.74, 6) is 0. The van der Waals surface area contributed by atoms with Crippen LogP contribution in [-0.2, 0) is 0 Å². The Bertz CT molecular complexity index is 897. The third-order valence-corrected chi connectivity index (χ3v) is 4.55. The van der Waals surface area contributed by atoms with Gasteiger partial charge in [0, 0.05) is 5.39 Å². The van der Waals surface area contributed by atoms with E-state index >= 15 is 0 Å². The summed E-state index contributed by atoms with van der Waals surface area (Å²) in [5.41, 5.74) is 2.72. The van der Waals surface area contributed by atoms with Crippen LogP contribution in [0.5, 0.6) is 0 Å². The molecule has 96 valence electrons. The van der Waals surface area contributed by atoms with Gasteiger partial charge < -0.3 is 0 Å². The van der Waals surface area contributed by atoms with Crippen LogP contribution in [0.15, 0.2) is 54.6 Å². The Morgan fingerprint density at radius 3 is 2.45 bits per heavy atom. The molecule has 0 aliphatic rings. The van der Waals surface area contributed by atoms with Gasteiger partial charge in [0.25, 0.3) is 0 Å². The van der Waals surface area contributed by atoms with E-state index in [2.05, 4.69) is 16.0 Å². The van der Waals surface area contributed by atoms with E-state index < -0.39 is 0 Å². The number of rotatable bonds is 1. The largest absolute Gasteiger partial charge is 0.245 e. The average Bonchev–Trinajstić information content (AvgIpc) is 2.91. The quantitative estimate of drug-likeness (QED) is 0.484. The number of hydrogen-bond donors (Lipinski definition) is 0. The van der Waals surface area contributed by atoms with Gasteiger partial charge in [-0.15, -0.1) is 11.3 Å². The van der Waals surface area contributed by atoms with Gasteiger partial charge in [0.2, 0.25) is 0 Å². The van der Waals surface area contributed by atoms with Crippen molar-refractivity contribution in [3.63, 3.8) is 0 Å². The van der Waals surface area contributed by atoms with Crippen LogP contribution in [-0.4, -0.2) is 9.97 Å². The molecular weight excluding hydrogens is 288 g/mol. The first-order valence-electron chi connectivity index (χ1n) is 6.22. The van der Waals surface area contributed by atoms with Crippen LogP contribution in [0.4, 0.5) is 0 Å². The maximum absolute atomic E-state index is 6.35. The average molecular weight is 297 g/mol. The molecule has 0 unspecified atom stereocenters. The summed E-state index contributed by atoms with van der Waals surface area (Å²) in [6.45, 7) is 0. The Balaban J connectivity index is 1.97. The molecule has 2 heterocycles. The number of pyridine rings is 1. The van der Waals surface area contributed by atoms with Gasteiger partial charge in [-0.1, -0.05) is 41.9 Å². The molecule has 0 fully saturated rings. The molecule has 0 saturated heterocycles. The van der Waals surface area contributed by atoms with Gasteiger partial charge in [0.05, 0.1) is 20.8 Å². The SMILES string of the molecule is Clc1cc(-c2nc3ccccc3s2)nc2ccccc12. The van der Waals surface area contributed by atoms with Crippen LogP contribution in [0.1, 0.15) is 0 Å². The van der Waals surface area contributed by atoms with Crippen molar-refractivity contribution < 1.29 is 0 Å². The van der Waals surface area contributed by atoms with Crippen LogP contribution in [0.3, 0.4) is 0 Å². The van der Waals surface area contributed by atoms with E-state index in [4.69, 9.17) is 11.6 Å². The second kappa shape index (κ2) is 4.54. The number of nitrogens with zero attached hydrogens (tertiary/aromatic N) is 2. The fraction of sp³-hybridized carbons (Fsp3) is 0. The minimum absolute atomic E-state index is 0.713. The molecule has 0 aliphatic heterocycles. The Kier molecular flexibility index (Phi) is 2.69. The van der Waals surface area contributed by atoms with Crippen molar-refractivity contribution in [2.24, 2.45) is 0 Å². The molecule has 2 aromatic heterocycles. The standard InChI is InChI=1S/C16H9ClN2S/c17-11-9-14(18-12-6-2-1-5-10(11)12)16-19-13-7-3-4-8-15(13)20-16/h1-9H. The number of benzene rings is 2. The number of thiazole rings is 1. The summed E-state index contributed by atoms with van der Waals surface area (Å²) in [6.07, 6.45) is 0. The van der Waals surface area contributed by atoms with E-state index in [1.165, 1.54) is 0 Å². The highest BCUT2D eigenvalue weighted by atomic mass is 35.5. The number of halogens is 1. The van der Waals surface area contributed by atoms with Gasteiger partial charge in [0.1, 0.15) is 10.7 Å². The third kappa shape index (κ3) is 1.87. The van der Waals surface area contributed by atoms with E-state index in [1.54, 1.807) is 11.3 Å². The molecule has 0 atom stereocenters. The van der Waals surface area contributed by atoms with Gasteiger partial charge in [-0.2, -0.15) is 0 Å². The lowest BCUT2D eigenvalue weighted by Crippen LogP contribution is -1.85. The number of aromatic nitrogens is 2.